The topological polar surface area (TPSA) is 120 Å². The van der Waals surface area contributed by atoms with Crippen LogP contribution in [0.4, 0.5) is 38.1 Å². The Balaban J connectivity index is 1.44. The fourth-order valence-electron chi connectivity index (χ4n) is 3.85. The third kappa shape index (κ3) is 7.89. The van der Waals surface area contributed by atoms with E-state index in [4.69, 9.17) is 4.74 Å². The number of nitriles is 1. The van der Waals surface area contributed by atoms with Crippen LogP contribution in [0, 0.1) is 11.3 Å². The number of thioether (sulfide) groups is 1. The van der Waals surface area contributed by atoms with Gasteiger partial charge in [0.2, 0.25) is 0 Å². The minimum absolute atomic E-state index is 0.143. The minimum Gasteiger partial charge on any atom is -0.497 e. The van der Waals surface area contributed by atoms with Crippen LogP contribution in [0.3, 0.4) is 0 Å². The molecule has 222 valence electrons. The number of aromatic nitrogens is 2. The summed E-state index contributed by atoms with van der Waals surface area (Å²) in [4.78, 5) is 32.0. The van der Waals surface area contributed by atoms with Gasteiger partial charge in [-0.3, -0.25) is 4.79 Å². The van der Waals surface area contributed by atoms with Crippen molar-refractivity contribution in [3.8, 4) is 23.1 Å². The summed E-state index contributed by atoms with van der Waals surface area (Å²) >= 11 is 1.19. The van der Waals surface area contributed by atoms with E-state index >= 15 is 0 Å². The molecule has 0 spiro atoms. The monoisotopic (exact) mass is 615 g/mol. The van der Waals surface area contributed by atoms with E-state index in [0.29, 0.717) is 36.1 Å². The zero-order valence-corrected chi connectivity index (χ0v) is 23.3. The summed E-state index contributed by atoms with van der Waals surface area (Å²) in [5, 5.41) is 14.3. The van der Waals surface area contributed by atoms with Crippen LogP contribution in [-0.2, 0) is 17.9 Å². The van der Waals surface area contributed by atoms with Gasteiger partial charge in [0.1, 0.15) is 17.4 Å². The summed E-state index contributed by atoms with van der Waals surface area (Å²) in [6.45, 7) is 0.459. The number of urea groups is 1. The molecule has 0 saturated carbocycles. The molecule has 3 N–H and O–H groups in total. The number of alkyl halides is 5. The summed E-state index contributed by atoms with van der Waals surface area (Å²) in [5.74, 6) is -2.68. The van der Waals surface area contributed by atoms with Crippen LogP contribution in [0.15, 0.2) is 76.7 Å². The molecule has 3 aromatic carbocycles. The van der Waals surface area contributed by atoms with Crippen molar-refractivity contribution in [1.29, 1.82) is 5.26 Å². The van der Waals surface area contributed by atoms with E-state index < -0.39 is 40.5 Å². The highest BCUT2D eigenvalue weighted by molar-refractivity contribution is 7.98. The van der Waals surface area contributed by atoms with E-state index in [1.807, 2.05) is 6.07 Å². The maximum absolute atomic E-state index is 13.7. The molecule has 0 bridgehead atoms. The smallest absolute Gasteiger partial charge is 0.416 e. The fourth-order valence-corrected chi connectivity index (χ4v) is 4.67. The van der Waals surface area contributed by atoms with Gasteiger partial charge in [0.05, 0.1) is 18.4 Å². The van der Waals surface area contributed by atoms with Crippen molar-refractivity contribution in [3.63, 3.8) is 0 Å². The molecule has 8 nitrogen and oxygen atoms in total. The Labute approximate surface area is 245 Å². The van der Waals surface area contributed by atoms with Crippen molar-refractivity contribution in [3.05, 3.63) is 99.3 Å². The summed E-state index contributed by atoms with van der Waals surface area (Å²) in [5.41, 5.74) is -1.63. The van der Waals surface area contributed by atoms with Gasteiger partial charge in [-0.15, -0.1) is 0 Å². The summed E-state index contributed by atoms with van der Waals surface area (Å²) in [7, 11) is 1.49. The molecule has 0 atom stereocenters. The quantitative estimate of drug-likeness (QED) is 0.108. The zero-order chi connectivity index (χ0) is 31.4. The highest BCUT2D eigenvalue weighted by Crippen LogP contribution is 2.36. The first-order chi connectivity index (χ1) is 20.3. The van der Waals surface area contributed by atoms with Crippen molar-refractivity contribution < 1.29 is 31.5 Å². The minimum atomic E-state index is -4.89. The van der Waals surface area contributed by atoms with Gasteiger partial charge >= 0.3 is 12.2 Å². The number of methoxy groups -OCH3 is 1. The Morgan fingerprint density at radius 2 is 1.67 bits per heavy atom. The number of hydrogen-bond acceptors (Lipinski definition) is 6. The molecule has 43 heavy (non-hydrogen) atoms. The predicted molar refractivity (Wildman–Crippen MR) is 151 cm³/mol. The molecule has 0 radical (unpaired) electrons. The van der Waals surface area contributed by atoms with Gasteiger partial charge in [-0.05, 0) is 48.0 Å². The molecule has 0 aliphatic carbocycles. The zero-order valence-electron chi connectivity index (χ0n) is 22.5. The van der Waals surface area contributed by atoms with Crippen molar-refractivity contribution in [2.24, 2.45) is 0 Å². The molecule has 14 heteroatoms. The number of carbonyl (C=O) groups excluding carboxylic acids is 1. The molecule has 4 rings (SSSR count). The molecular formula is C29H22F5N5O3S. The Morgan fingerprint density at radius 1 is 1.00 bits per heavy atom. The van der Waals surface area contributed by atoms with Crippen molar-refractivity contribution >= 4 is 29.2 Å². The highest BCUT2D eigenvalue weighted by Gasteiger charge is 2.34. The molecular weight excluding hydrogens is 593 g/mol. The first kappa shape index (κ1) is 31.0. The number of hydrogen-bond donors (Lipinski definition) is 3. The predicted octanol–water partition coefficient (Wildman–Crippen LogP) is 7.38. The number of benzene rings is 3. The molecule has 0 aliphatic rings. The van der Waals surface area contributed by atoms with Crippen molar-refractivity contribution in [1.82, 2.24) is 9.97 Å². The van der Waals surface area contributed by atoms with E-state index in [9.17, 15) is 36.8 Å². The third-order valence-corrected chi connectivity index (χ3v) is 6.91. The lowest BCUT2D eigenvalue weighted by molar-refractivity contribution is -0.137. The summed E-state index contributed by atoms with van der Waals surface area (Å²) in [6, 6.07) is 15.8. The number of aromatic amines is 1. The molecule has 2 amide bonds. The number of rotatable bonds is 8. The molecule has 0 fully saturated rings. The summed E-state index contributed by atoms with van der Waals surface area (Å²) < 4.78 is 72.3. The highest BCUT2D eigenvalue weighted by atomic mass is 32.2. The standard InChI is InChI=1S/C29H22F5N5O3S/c1-28(30,31)18-11-19(29(32,33)34)13-21(12-18)37-26(41)36-20-8-6-16(7-9-20)15-43-27-38-24(23(14-35)25(40)39-27)17-4-3-5-22(10-17)42-2/h3-13H,15H2,1-2H3,(H2,36,37,41)(H,38,39,40). The molecule has 0 aliphatic heterocycles. The Morgan fingerprint density at radius 3 is 2.30 bits per heavy atom. The lowest BCUT2D eigenvalue weighted by atomic mass is 10.0. The average Bonchev–Trinajstić information content (AvgIpc) is 2.95. The molecule has 0 saturated heterocycles. The van der Waals surface area contributed by atoms with Crippen LogP contribution in [0.1, 0.15) is 29.2 Å². The number of anilines is 2. The number of halogens is 5. The van der Waals surface area contributed by atoms with Gasteiger partial charge in [-0.1, -0.05) is 36.0 Å². The number of amides is 2. The van der Waals surface area contributed by atoms with Crippen LogP contribution in [-0.4, -0.2) is 23.1 Å². The molecule has 1 aromatic heterocycles. The van der Waals surface area contributed by atoms with Gasteiger partial charge in [0, 0.05) is 35.2 Å². The maximum Gasteiger partial charge on any atom is 0.416 e. The molecule has 0 unspecified atom stereocenters. The number of carbonyl (C=O) groups is 1. The van der Waals surface area contributed by atoms with E-state index in [-0.39, 0.29) is 22.1 Å². The van der Waals surface area contributed by atoms with E-state index in [1.54, 1.807) is 36.4 Å². The SMILES string of the molecule is COc1cccc(-c2nc(SCc3ccc(NC(=O)Nc4cc(C(C)(F)F)cc(C(F)(F)F)c4)cc3)[nH]c(=O)c2C#N)c1. The second kappa shape index (κ2) is 12.5. The Bertz CT molecular complexity index is 1710. The number of H-pyrrole nitrogens is 1. The Kier molecular flexibility index (Phi) is 9.05. The van der Waals surface area contributed by atoms with Crippen LogP contribution >= 0.6 is 11.8 Å². The van der Waals surface area contributed by atoms with Crippen LogP contribution in [0.2, 0.25) is 0 Å². The largest absolute Gasteiger partial charge is 0.497 e. The van der Waals surface area contributed by atoms with Gasteiger partial charge in [0.25, 0.3) is 11.5 Å². The normalized spacial score (nSPS) is 11.5. The van der Waals surface area contributed by atoms with Gasteiger partial charge in [0.15, 0.2) is 5.16 Å². The second-order valence-electron chi connectivity index (χ2n) is 9.19. The lowest BCUT2D eigenvalue weighted by Crippen LogP contribution is -2.21. The van der Waals surface area contributed by atoms with E-state index in [0.717, 1.165) is 11.6 Å². The van der Waals surface area contributed by atoms with E-state index in [1.165, 1.54) is 31.0 Å². The van der Waals surface area contributed by atoms with Crippen LogP contribution in [0.5, 0.6) is 5.75 Å². The first-order valence-electron chi connectivity index (χ1n) is 12.4. The van der Waals surface area contributed by atoms with E-state index in [2.05, 4.69) is 20.6 Å². The van der Waals surface area contributed by atoms with Crippen LogP contribution in [0.25, 0.3) is 11.3 Å². The lowest BCUT2D eigenvalue weighted by Gasteiger charge is -2.17. The maximum atomic E-state index is 13.7. The number of nitrogens with one attached hydrogen (secondary N) is 3. The van der Waals surface area contributed by atoms with Gasteiger partial charge in [-0.2, -0.15) is 18.4 Å². The Hall–Kier alpha value is -4.90. The van der Waals surface area contributed by atoms with Crippen molar-refractivity contribution in [2.45, 2.75) is 29.9 Å². The van der Waals surface area contributed by atoms with Crippen molar-refractivity contribution in [2.75, 3.05) is 17.7 Å². The summed E-state index contributed by atoms with van der Waals surface area (Å²) in [6.07, 6.45) is -4.89. The first-order valence-corrected chi connectivity index (χ1v) is 13.3. The number of ether oxygens (including phenoxy) is 1. The fraction of sp³-hybridized carbons (Fsp3) is 0.172. The van der Waals surface area contributed by atoms with Gasteiger partial charge in [-0.25, -0.2) is 18.6 Å². The second-order valence-corrected chi connectivity index (χ2v) is 10.2. The van der Waals surface area contributed by atoms with Gasteiger partial charge < -0.3 is 20.4 Å². The third-order valence-electron chi connectivity index (χ3n) is 5.97. The van der Waals surface area contributed by atoms with Crippen LogP contribution < -0.4 is 20.9 Å². The molecule has 1 heterocycles. The average molecular weight is 616 g/mol. The molecule has 4 aromatic rings. The number of nitrogens with zero attached hydrogens (tertiary/aromatic N) is 2.